The van der Waals surface area contributed by atoms with Crippen molar-refractivity contribution in [3.63, 3.8) is 0 Å². The molecule has 0 unspecified atom stereocenters. The number of aryl methyl sites for hydroxylation is 1. The van der Waals surface area contributed by atoms with Crippen LogP contribution >= 0.6 is 0 Å². The average Bonchev–Trinajstić information content (AvgIpc) is 3.11. The van der Waals surface area contributed by atoms with Gasteiger partial charge in [0.2, 0.25) is 0 Å². The van der Waals surface area contributed by atoms with Gasteiger partial charge in [-0.2, -0.15) is 0 Å². The zero-order chi connectivity index (χ0) is 19.0. The Morgan fingerprint density at radius 1 is 1.07 bits per heavy atom. The highest BCUT2D eigenvalue weighted by molar-refractivity contribution is 5.97. The molecule has 5 rings (SSSR count). The first-order chi connectivity index (χ1) is 13.1. The van der Waals surface area contributed by atoms with Crippen molar-refractivity contribution >= 4 is 17.0 Å². The Hall–Kier alpha value is -3.84. The van der Waals surface area contributed by atoms with E-state index in [9.17, 15) is 9.90 Å². The highest BCUT2D eigenvalue weighted by Gasteiger charge is 2.16. The average molecular weight is 352 g/mol. The van der Waals surface area contributed by atoms with Crippen molar-refractivity contribution < 1.29 is 9.90 Å². The number of carboxylic acid groups (broad SMARTS) is 1. The van der Waals surface area contributed by atoms with E-state index in [0.29, 0.717) is 16.8 Å². The summed E-state index contributed by atoms with van der Waals surface area (Å²) in [6, 6.07) is 19.0. The lowest BCUT2D eigenvalue weighted by Crippen LogP contribution is -2.03. The molecule has 2 aliphatic rings. The zero-order valence-corrected chi connectivity index (χ0v) is 14.7. The minimum atomic E-state index is -1.02. The fourth-order valence-electron chi connectivity index (χ4n) is 3.08. The standard InChI is InChI=1S/C17H12N2O2.C6H4/c1-3-11-5-4-6-13(17(20)21)15(11)14-8-7-12-9-10-19(2)16(12)18-14;1-2-5-4-6(5)3-1/h1,4-10H,2H3,(H,20,21);1-4H. The third-order valence-electron chi connectivity index (χ3n) is 4.54. The molecule has 0 atom stereocenters. The Kier molecular flexibility index (Phi) is 3.98. The van der Waals surface area contributed by atoms with Crippen LogP contribution in [0.4, 0.5) is 0 Å². The van der Waals surface area contributed by atoms with Gasteiger partial charge in [0.05, 0.1) is 11.3 Å². The molecule has 4 heteroatoms. The Labute approximate surface area is 156 Å². The van der Waals surface area contributed by atoms with E-state index >= 15 is 0 Å². The van der Waals surface area contributed by atoms with Crippen molar-refractivity contribution in [1.29, 1.82) is 0 Å². The summed E-state index contributed by atoms with van der Waals surface area (Å²) in [6.07, 6.45) is 7.41. The van der Waals surface area contributed by atoms with Crippen molar-refractivity contribution in [1.82, 2.24) is 9.55 Å². The molecule has 0 aliphatic heterocycles. The van der Waals surface area contributed by atoms with Crippen LogP contribution in [-0.2, 0) is 7.05 Å². The molecule has 0 saturated heterocycles. The van der Waals surface area contributed by atoms with Gasteiger partial charge in [-0.3, -0.25) is 0 Å². The predicted molar refractivity (Wildman–Crippen MR) is 106 cm³/mol. The van der Waals surface area contributed by atoms with E-state index in [4.69, 9.17) is 6.42 Å². The van der Waals surface area contributed by atoms with Crippen molar-refractivity contribution in [3.05, 3.63) is 78.0 Å². The molecule has 1 aromatic carbocycles. The Balaban J connectivity index is 0.000000250. The lowest BCUT2D eigenvalue weighted by atomic mass is 9.98. The molecule has 1 N–H and O–H groups in total. The van der Waals surface area contributed by atoms with Gasteiger partial charge >= 0.3 is 5.97 Å². The van der Waals surface area contributed by atoms with Crippen molar-refractivity contribution in [2.24, 2.45) is 7.05 Å². The van der Waals surface area contributed by atoms with E-state index in [-0.39, 0.29) is 5.56 Å². The fourth-order valence-corrected chi connectivity index (χ4v) is 3.08. The van der Waals surface area contributed by atoms with Crippen LogP contribution in [0.5, 0.6) is 0 Å². The van der Waals surface area contributed by atoms with E-state index < -0.39 is 5.97 Å². The number of nitrogens with zero attached hydrogens (tertiary/aromatic N) is 2. The summed E-state index contributed by atoms with van der Waals surface area (Å²) in [5, 5.41) is 10.4. The quantitative estimate of drug-likeness (QED) is 0.473. The van der Waals surface area contributed by atoms with Gasteiger partial charge in [-0.25, -0.2) is 9.78 Å². The monoisotopic (exact) mass is 352 g/mol. The maximum absolute atomic E-state index is 11.4. The van der Waals surface area contributed by atoms with Gasteiger partial charge < -0.3 is 9.67 Å². The third kappa shape index (κ3) is 3.07. The van der Waals surface area contributed by atoms with E-state index in [1.54, 1.807) is 18.2 Å². The first kappa shape index (κ1) is 16.6. The number of hydrogen-bond donors (Lipinski definition) is 1. The lowest BCUT2D eigenvalue weighted by molar-refractivity contribution is 0.0697. The highest BCUT2D eigenvalue weighted by Crippen LogP contribution is 2.32. The molecule has 4 nitrogen and oxygen atoms in total. The van der Waals surface area contributed by atoms with Gasteiger partial charge in [-0.15, -0.1) is 6.42 Å². The van der Waals surface area contributed by atoms with Gasteiger partial charge in [-0.1, -0.05) is 30.2 Å². The molecule has 0 radical (unpaired) electrons. The molecule has 3 aromatic rings. The van der Waals surface area contributed by atoms with Gasteiger partial charge in [0.1, 0.15) is 5.65 Å². The molecule has 0 amide bonds. The molecule has 0 saturated carbocycles. The highest BCUT2D eigenvalue weighted by atomic mass is 16.4. The number of rotatable bonds is 2. The second-order valence-electron chi connectivity index (χ2n) is 6.29. The Bertz CT molecular complexity index is 1210. The Morgan fingerprint density at radius 3 is 2.41 bits per heavy atom. The summed E-state index contributed by atoms with van der Waals surface area (Å²) < 4.78 is 1.89. The SMILES string of the molecule is C#Cc1cccc(C(=O)O)c1-c1ccc2ccn(C)c2n1.c1cc2cc-2c1. The zero-order valence-electron chi connectivity index (χ0n) is 14.7. The van der Waals surface area contributed by atoms with Gasteiger partial charge in [0.15, 0.2) is 0 Å². The molecule has 0 fully saturated rings. The smallest absolute Gasteiger partial charge is 0.336 e. The molecule has 2 aliphatic carbocycles. The molecular formula is C23H16N2O2. The number of terminal acetylenes is 1. The summed E-state index contributed by atoms with van der Waals surface area (Å²) in [4.78, 5) is 16.0. The maximum Gasteiger partial charge on any atom is 0.336 e. The lowest BCUT2D eigenvalue weighted by Gasteiger charge is -2.09. The van der Waals surface area contributed by atoms with Crippen LogP contribution in [0.15, 0.2) is 66.9 Å². The first-order valence-electron chi connectivity index (χ1n) is 8.44. The van der Waals surface area contributed by atoms with Crippen LogP contribution in [0.25, 0.3) is 33.4 Å². The minimum absolute atomic E-state index is 0.159. The van der Waals surface area contributed by atoms with Gasteiger partial charge in [0, 0.05) is 29.8 Å². The summed E-state index contributed by atoms with van der Waals surface area (Å²) in [7, 11) is 1.89. The van der Waals surface area contributed by atoms with E-state index in [1.807, 2.05) is 29.9 Å². The molecule has 0 bridgehead atoms. The van der Waals surface area contributed by atoms with Crippen LogP contribution < -0.4 is 0 Å². The number of aromatic carboxylic acids is 1. The molecule has 0 spiro atoms. The maximum atomic E-state index is 11.4. The molecular weight excluding hydrogens is 336 g/mol. The summed E-state index contributed by atoms with van der Waals surface area (Å²) in [5.41, 5.74) is 5.37. The van der Waals surface area contributed by atoms with Gasteiger partial charge in [0.25, 0.3) is 0 Å². The normalized spacial score (nSPS) is 10.7. The largest absolute Gasteiger partial charge is 0.478 e. The van der Waals surface area contributed by atoms with Crippen LogP contribution in [-0.4, -0.2) is 20.6 Å². The number of pyridine rings is 1. The number of hydrogen-bond acceptors (Lipinski definition) is 2. The molecule has 27 heavy (non-hydrogen) atoms. The van der Waals surface area contributed by atoms with E-state index in [0.717, 1.165) is 11.0 Å². The van der Waals surface area contributed by atoms with Crippen molar-refractivity contribution in [2.75, 3.05) is 0 Å². The van der Waals surface area contributed by atoms with E-state index in [2.05, 4.69) is 35.2 Å². The second-order valence-corrected chi connectivity index (χ2v) is 6.29. The molecule has 130 valence electrons. The number of fused-ring (bicyclic) bond motifs is 2. The topological polar surface area (TPSA) is 55.1 Å². The van der Waals surface area contributed by atoms with Crippen LogP contribution in [0.3, 0.4) is 0 Å². The van der Waals surface area contributed by atoms with Crippen molar-refractivity contribution in [3.8, 4) is 34.7 Å². The Morgan fingerprint density at radius 2 is 1.81 bits per heavy atom. The fraction of sp³-hybridized carbons (Fsp3) is 0.0435. The minimum Gasteiger partial charge on any atom is -0.478 e. The molecule has 2 aromatic heterocycles. The van der Waals surface area contributed by atoms with Crippen LogP contribution in [0, 0.1) is 12.3 Å². The molecule has 2 heterocycles. The summed E-state index contributed by atoms with van der Waals surface area (Å²) >= 11 is 0. The van der Waals surface area contributed by atoms with Crippen LogP contribution in [0.1, 0.15) is 15.9 Å². The second kappa shape index (κ2) is 6.47. The predicted octanol–water partition coefficient (Wildman–Crippen LogP) is 4.59. The number of carboxylic acids is 1. The number of aromatic nitrogens is 2. The summed E-state index contributed by atoms with van der Waals surface area (Å²) in [6.45, 7) is 0. The van der Waals surface area contributed by atoms with Crippen LogP contribution in [0.2, 0.25) is 0 Å². The number of carbonyl (C=O) groups is 1. The van der Waals surface area contributed by atoms with Crippen molar-refractivity contribution in [2.45, 2.75) is 0 Å². The summed E-state index contributed by atoms with van der Waals surface area (Å²) in [5.74, 6) is 1.52. The number of benzene rings is 2. The first-order valence-corrected chi connectivity index (χ1v) is 8.44. The third-order valence-corrected chi connectivity index (χ3v) is 4.54. The van der Waals surface area contributed by atoms with E-state index in [1.165, 1.54) is 17.2 Å². The van der Waals surface area contributed by atoms with Gasteiger partial charge in [-0.05, 0) is 47.5 Å².